The van der Waals surface area contributed by atoms with Gasteiger partial charge in [0.2, 0.25) is 5.91 Å². The van der Waals surface area contributed by atoms with Crippen molar-refractivity contribution in [3.63, 3.8) is 0 Å². The molecule has 156 valence electrons. The van der Waals surface area contributed by atoms with Crippen molar-refractivity contribution in [2.75, 3.05) is 23.8 Å². The quantitative estimate of drug-likeness (QED) is 0.655. The lowest BCUT2D eigenvalue weighted by molar-refractivity contribution is -0.129. The molecule has 1 aliphatic heterocycles. The average molecular weight is 434 g/mol. The van der Waals surface area contributed by atoms with Gasteiger partial charge in [-0.2, -0.15) is 0 Å². The number of carbonyl (C=O) groups is 1. The fourth-order valence-corrected chi connectivity index (χ4v) is 6.99. The first-order valence-corrected chi connectivity index (χ1v) is 13.1. The van der Waals surface area contributed by atoms with Crippen LogP contribution < -0.4 is 0 Å². The van der Waals surface area contributed by atoms with E-state index in [1.54, 1.807) is 4.90 Å². The van der Waals surface area contributed by atoms with E-state index in [1.165, 1.54) is 17.5 Å². The van der Waals surface area contributed by atoms with Gasteiger partial charge in [0, 0.05) is 24.0 Å². The zero-order valence-electron chi connectivity index (χ0n) is 16.7. The van der Waals surface area contributed by atoms with E-state index >= 15 is 0 Å². The van der Waals surface area contributed by atoms with Crippen LogP contribution in [0.25, 0.3) is 5.69 Å². The largest absolute Gasteiger partial charge is 0.338 e. The molecule has 29 heavy (non-hydrogen) atoms. The number of hydrogen-bond donors (Lipinski definition) is 0. The molecule has 2 heterocycles. The first kappa shape index (κ1) is 20.5. The van der Waals surface area contributed by atoms with Gasteiger partial charge >= 0.3 is 0 Å². The number of thioether (sulfide) groups is 1. The van der Waals surface area contributed by atoms with Gasteiger partial charge in [-0.05, 0) is 51.2 Å². The van der Waals surface area contributed by atoms with Gasteiger partial charge in [0.25, 0.3) is 0 Å². The zero-order chi connectivity index (χ0) is 20.4. The highest BCUT2D eigenvalue weighted by Gasteiger charge is 2.34. The van der Waals surface area contributed by atoms with Crippen molar-refractivity contribution in [3.8, 4) is 5.69 Å². The third-order valence-electron chi connectivity index (χ3n) is 5.75. The summed E-state index contributed by atoms with van der Waals surface area (Å²) in [6, 6.07) is 9.99. The molecule has 0 bridgehead atoms. The number of amides is 1. The van der Waals surface area contributed by atoms with Crippen LogP contribution in [0.3, 0.4) is 0 Å². The van der Waals surface area contributed by atoms with Crippen molar-refractivity contribution in [2.24, 2.45) is 0 Å². The lowest BCUT2D eigenvalue weighted by atomic mass is 10.0. The zero-order valence-corrected chi connectivity index (χ0v) is 18.3. The van der Waals surface area contributed by atoms with Crippen LogP contribution in [0.15, 0.2) is 35.5 Å². The Bertz CT molecular complexity index is 986. The summed E-state index contributed by atoms with van der Waals surface area (Å²) in [4.78, 5) is 19.5. The van der Waals surface area contributed by atoms with Gasteiger partial charge in [0.15, 0.2) is 15.0 Å². The van der Waals surface area contributed by atoms with Crippen LogP contribution in [-0.2, 0) is 27.5 Å². The minimum absolute atomic E-state index is 0.0137. The molecule has 0 N–H and O–H groups in total. The van der Waals surface area contributed by atoms with Gasteiger partial charge < -0.3 is 4.90 Å². The molecule has 1 fully saturated rings. The van der Waals surface area contributed by atoms with Crippen LogP contribution in [0, 0.1) is 0 Å². The van der Waals surface area contributed by atoms with Crippen LogP contribution in [-0.4, -0.2) is 58.6 Å². The number of aryl methyl sites for hydroxylation is 1. The van der Waals surface area contributed by atoms with Gasteiger partial charge in [-0.3, -0.25) is 9.36 Å². The second-order valence-electron chi connectivity index (χ2n) is 7.69. The molecule has 2 aromatic rings. The Kier molecular flexibility index (Phi) is 6.01. The number of para-hydroxylation sites is 1. The van der Waals surface area contributed by atoms with E-state index in [1.807, 2.05) is 25.1 Å². The molecular weight excluding hydrogens is 406 g/mol. The third-order valence-corrected chi connectivity index (χ3v) is 8.43. The second-order valence-corrected chi connectivity index (χ2v) is 10.9. The molecule has 1 amide bonds. The van der Waals surface area contributed by atoms with E-state index in [0.29, 0.717) is 13.0 Å². The molecule has 1 aromatic heterocycles. The lowest BCUT2D eigenvalue weighted by Gasteiger charge is -2.26. The van der Waals surface area contributed by atoms with Gasteiger partial charge in [-0.1, -0.05) is 30.0 Å². The van der Waals surface area contributed by atoms with E-state index in [-0.39, 0.29) is 29.2 Å². The summed E-state index contributed by atoms with van der Waals surface area (Å²) < 4.78 is 25.8. The number of aromatic nitrogens is 2. The summed E-state index contributed by atoms with van der Waals surface area (Å²) >= 11 is 1.46. The molecule has 1 saturated heterocycles. The molecule has 0 radical (unpaired) electrons. The Hall–Kier alpha value is -1.80. The highest BCUT2D eigenvalue weighted by molar-refractivity contribution is 7.99. The molecule has 1 aromatic carbocycles. The van der Waals surface area contributed by atoms with E-state index < -0.39 is 9.84 Å². The minimum atomic E-state index is -3.01. The number of nitrogens with zero attached hydrogens (tertiary/aromatic N) is 3. The van der Waals surface area contributed by atoms with Crippen LogP contribution in [0.1, 0.15) is 37.6 Å². The first-order valence-electron chi connectivity index (χ1n) is 10.3. The van der Waals surface area contributed by atoms with Gasteiger partial charge in [-0.25, -0.2) is 13.4 Å². The summed E-state index contributed by atoms with van der Waals surface area (Å²) in [6.07, 6.45) is 4.85. The normalized spacial score (nSPS) is 20.4. The maximum absolute atomic E-state index is 12.9. The van der Waals surface area contributed by atoms with Gasteiger partial charge in [-0.15, -0.1) is 0 Å². The van der Waals surface area contributed by atoms with E-state index in [2.05, 4.69) is 16.7 Å². The molecule has 4 rings (SSSR count). The van der Waals surface area contributed by atoms with Crippen LogP contribution in [0.4, 0.5) is 0 Å². The Morgan fingerprint density at radius 2 is 2.00 bits per heavy atom. The van der Waals surface area contributed by atoms with E-state index in [0.717, 1.165) is 42.2 Å². The number of benzene rings is 1. The lowest BCUT2D eigenvalue weighted by Crippen LogP contribution is -2.42. The summed E-state index contributed by atoms with van der Waals surface area (Å²) in [6.45, 7) is 2.44. The third kappa shape index (κ3) is 4.38. The number of hydrogen-bond acceptors (Lipinski definition) is 5. The van der Waals surface area contributed by atoms with Gasteiger partial charge in [0.05, 0.1) is 23.0 Å². The fourth-order valence-electron chi connectivity index (χ4n) is 4.32. The Labute approximate surface area is 176 Å². The van der Waals surface area contributed by atoms with Crippen molar-refractivity contribution in [2.45, 2.75) is 50.2 Å². The number of sulfone groups is 1. The maximum atomic E-state index is 12.9. The molecular formula is C21H27N3O3S2. The molecule has 1 atom stereocenters. The molecule has 0 saturated carbocycles. The Morgan fingerprint density at radius 1 is 1.24 bits per heavy atom. The molecule has 1 aliphatic carbocycles. The van der Waals surface area contributed by atoms with E-state index in [4.69, 9.17) is 4.98 Å². The maximum Gasteiger partial charge on any atom is 0.233 e. The van der Waals surface area contributed by atoms with Crippen molar-refractivity contribution < 1.29 is 13.2 Å². The van der Waals surface area contributed by atoms with Crippen molar-refractivity contribution >= 4 is 27.5 Å². The number of rotatable bonds is 6. The highest BCUT2D eigenvalue weighted by Crippen LogP contribution is 2.31. The predicted molar refractivity (Wildman–Crippen MR) is 115 cm³/mol. The smallest absolute Gasteiger partial charge is 0.233 e. The summed E-state index contributed by atoms with van der Waals surface area (Å²) in [5.41, 5.74) is 3.48. The van der Waals surface area contributed by atoms with Gasteiger partial charge in [0.1, 0.15) is 0 Å². The number of fused-ring (bicyclic) bond motifs is 1. The fraction of sp³-hybridized carbons (Fsp3) is 0.524. The standard InChI is InChI=1S/C21H27N3O3S2/c1-2-23(17-12-13-29(26,27)15-17)20(25)14-28-21-22-18-10-6-7-11-19(18)24(21)16-8-4-3-5-9-16/h3-5,8-9,17H,2,6-7,10-15H2,1H3. The van der Waals surface area contributed by atoms with Crippen molar-refractivity contribution in [1.82, 2.24) is 14.5 Å². The average Bonchev–Trinajstić information content (AvgIpc) is 3.27. The minimum Gasteiger partial charge on any atom is -0.338 e. The summed E-state index contributed by atoms with van der Waals surface area (Å²) in [5, 5.41) is 0.853. The van der Waals surface area contributed by atoms with Crippen molar-refractivity contribution in [3.05, 3.63) is 41.7 Å². The van der Waals surface area contributed by atoms with Crippen LogP contribution in [0.5, 0.6) is 0 Å². The summed E-state index contributed by atoms with van der Waals surface area (Å²) in [7, 11) is -3.01. The molecule has 8 heteroatoms. The molecule has 1 unspecified atom stereocenters. The van der Waals surface area contributed by atoms with Crippen LogP contribution >= 0.6 is 11.8 Å². The number of carbonyl (C=O) groups excluding carboxylic acids is 1. The number of imidazole rings is 1. The second kappa shape index (κ2) is 8.52. The Balaban J connectivity index is 1.54. The Morgan fingerprint density at radius 3 is 2.69 bits per heavy atom. The van der Waals surface area contributed by atoms with Crippen LogP contribution in [0.2, 0.25) is 0 Å². The first-order chi connectivity index (χ1) is 14.0. The molecule has 6 nitrogen and oxygen atoms in total. The van der Waals surface area contributed by atoms with E-state index in [9.17, 15) is 13.2 Å². The SMILES string of the molecule is CCN(C(=O)CSc1nc2c(n1-c1ccccc1)CCCC2)C1CCS(=O)(=O)C1. The molecule has 2 aliphatic rings. The predicted octanol–water partition coefficient (Wildman–Crippen LogP) is 2.88. The summed E-state index contributed by atoms with van der Waals surface area (Å²) in [5.74, 6) is 0.525. The topological polar surface area (TPSA) is 72.3 Å². The van der Waals surface area contributed by atoms with Crippen molar-refractivity contribution in [1.29, 1.82) is 0 Å². The molecule has 0 spiro atoms. The monoisotopic (exact) mass is 433 g/mol. The highest BCUT2D eigenvalue weighted by atomic mass is 32.2.